The highest BCUT2D eigenvalue weighted by Gasteiger charge is 2.28. The van der Waals surface area contributed by atoms with Gasteiger partial charge in [0.1, 0.15) is 0 Å². The van der Waals surface area contributed by atoms with Crippen molar-refractivity contribution in [3.05, 3.63) is 34.9 Å². The Bertz CT molecular complexity index is 414. The van der Waals surface area contributed by atoms with Crippen LogP contribution in [0.3, 0.4) is 0 Å². The number of unbranched alkanes of at least 4 members (excludes halogenated alkanes) is 1. The Kier molecular flexibility index (Phi) is 4.97. The minimum absolute atomic E-state index is 0.420. The first-order chi connectivity index (χ1) is 9.15. The topological polar surface area (TPSA) is 32.5 Å². The summed E-state index contributed by atoms with van der Waals surface area (Å²) in [5, 5.41) is 0. The molecule has 2 rings (SSSR count). The fourth-order valence-electron chi connectivity index (χ4n) is 2.96. The summed E-state index contributed by atoms with van der Waals surface area (Å²) >= 11 is 0. The van der Waals surface area contributed by atoms with Crippen molar-refractivity contribution in [2.45, 2.75) is 38.9 Å². The van der Waals surface area contributed by atoms with E-state index in [0.29, 0.717) is 6.04 Å². The Labute approximate surface area is 117 Å². The number of nitrogens with two attached hydrogens (primary N) is 1. The minimum Gasteiger partial charge on any atom is -0.329 e. The number of hydrogen-bond donors (Lipinski definition) is 1. The van der Waals surface area contributed by atoms with Gasteiger partial charge in [0.15, 0.2) is 0 Å². The van der Waals surface area contributed by atoms with Crippen molar-refractivity contribution in [3.63, 3.8) is 0 Å². The SMILES string of the molecule is CCCCN1Cc2ccc(CN(C)C)cc2C1CN. The van der Waals surface area contributed by atoms with Crippen LogP contribution >= 0.6 is 0 Å². The molecular weight excluding hydrogens is 234 g/mol. The Hall–Kier alpha value is -0.900. The van der Waals surface area contributed by atoms with Gasteiger partial charge in [-0.1, -0.05) is 31.5 Å². The van der Waals surface area contributed by atoms with Crippen LogP contribution in [0.4, 0.5) is 0 Å². The van der Waals surface area contributed by atoms with Crippen LogP contribution in [-0.4, -0.2) is 37.0 Å². The summed E-state index contributed by atoms with van der Waals surface area (Å²) in [7, 11) is 4.22. The predicted octanol–water partition coefficient (Wildman–Crippen LogP) is 2.36. The third kappa shape index (κ3) is 3.35. The molecule has 0 fully saturated rings. The minimum atomic E-state index is 0.420. The second-order valence-electron chi connectivity index (χ2n) is 5.85. The lowest BCUT2D eigenvalue weighted by atomic mass is 10.0. The van der Waals surface area contributed by atoms with E-state index in [9.17, 15) is 0 Å². The molecule has 1 aliphatic rings. The van der Waals surface area contributed by atoms with Crippen LogP contribution in [0.2, 0.25) is 0 Å². The number of nitrogens with zero attached hydrogens (tertiary/aromatic N) is 2. The van der Waals surface area contributed by atoms with E-state index in [1.807, 2.05) is 0 Å². The third-order valence-corrected chi connectivity index (χ3v) is 3.90. The Morgan fingerprint density at radius 2 is 2.16 bits per heavy atom. The molecule has 0 amide bonds. The van der Waals surface area contributed by atoms with Gasteiger partial charge in [-0.15, -0.1) is 0 Å². The summed E-state index contributed by atoms with van der Waals surface area (Å²) in [5.74, 6) is 0. The number of benzene rings is 1. The normalized spacial score (nSPS) is 19.1. The van der Waals surface area contributed by atoms with E-state index in [1.54, 1.807) is 0 Å². The van der Waals surface area contributed by atoms with Gasteiger partial charge < -0.3 is 10.6 Å². The summed E-state index contributed by atoms with van der Waals surface area (Å²) in [6.07, 6.45) is 2.51. The quantitative estimate of drug-likeness (QED) is 0.853. The fraction of sp³-hybridized carbons (Fsp3) is 0.625. The molecule has 1 aromatic carbocycles. The van der Waals surface area contributed by atoms with E-state index in [0.717, 1.165) is 26.2 Å². The molecule has 0 saturated carbocycles. The Morgan fingerprint density at radius 3 is 2.79 bits per heavy atom. The van der Waals surface area contributed by atoms with Gasteiger partial charge in [-0.3, -0.25) is 4.90 Å². The highest BCUT2D eigenvalue weighted by molar-refractivity contribution is 5.38. The monoisotopic (exact) mass is 261 g/mol. The second kappa shape index (κ2) is 6.51. The molecule has 2 N–H and O–H groups in total. The summed E-state index contributed by atoms with van der Waals surface area (Å²) < 4.78 is 0. The molecule has 106 valence electrons. The van der Waals surface area contributed by atoms with Crippen LogP contribution in [-0.2, 0) is 13.1 Å². The van der Waals surface area contributed by atoms with Crippen LogP contribution in [0.1, 0.15) is 42.5 Å². The molecule has 3 heteroatoms. The number of hydrogen-bond acceptors (Lipinski definition) is 3. The maximum absolute atomic E-state index is 6.01. The van der Waals surface area contributed by atoms with Gasteiger partial charge in [-0.2, -0.15) is 0 Å². The van der Waals surface area contributed by atoms with Gasteiger partial charge in [-0.05, 0) is 43.8 Å². The number of rotatable bonds is 6. The van der Waals surface area contributed by atoms with E-state index in [-0.39, 0.29) is 0 Å². The maximum Gasteiger partial charge on any atom is 0.0477 e. The molecule has 1 unspecified atom stereocenters. The zero-order valence-corrected chi connectivity index (χ0v) is 12.5. The van der Waals surface area contributed by atoms with Crippen LogP contribution in [0, 0.1) is 0 Å². The lowest BCUT2D eigenvalue weighted by Crippen LogP contribution is -2.28. The van der Waals surface area contributed by atoms with Crippen molar-refractivity contribution in [1.29, 1.82) is 0 Å². The molecule has 0 radical (unpaired) electrons. The van der Waals surface area contributed by atoms with Gasteiger partial charge >= 0.3 is 0 Å². The van der Waals surface area contributed by atoms with E-state index < -0.39 is 0 Å². The fourth-order valence-corrected chi connectivity index (χ4v) is 2.96. The zero-order valence-electron chi connectivity index (χ0n) is 12.5. The first-order valence-corrected chi connectivity index (χ1v) is 7.36. The highest BCUT2D eigenvalue weighted by Crippen LogP contribution is 2.33. The molecule has 0 saturated heterocycles. The molecule has 0 aromatic heterocycles. The molecule has 0 spiro atoms. The molecule has 1 heterocycles. The lowest BCUT2D eigenvalue weighted by molar-refractivity contribution is 0.216. The van der Waals surface area contributed by atoms with Crippen molar-refractivity contribution in [2.75, 3.05) is 27.2 Å². The zero-order chi connectivity index (χ0) is 13.8. The standard InChI is InChI=1S/C16H27N3/c1-4-5-8-19-12-14-7-6-13(11-18(2)3)9-15(14)16(19)10-17/h6-7,9,16H,4-5,8,10-12,17H2,1-3H3. The average Bonchev–Trinajstić information content (AvgIpc) is 2.72. The molecule has 3 nitrogen and oxygen atoms in total. The summed E-state index contributed by atoms with van der Waals surface area (Å²) in [6, 6.07) is 7.33. The first-order valence-electron chi connectivity index (χ1n) is 7.36. The van der Waals surface area contributed by atoms with E-state index in [2.05, 4.69) is 49.0 Å². The van der Waals surface area contributed by atoms with Crippen molar-refractivity contribution >= 4 is 0 Å². The second-order valence-corrected chi connectivity index (χ2v) is 5.85. The van der Waals surface area contributed by atoms with E-state index in [4.69, 9.17) is 5.73 Å². The molecule has 19 heavy (non-hydrogen) atoms. The van der Waals surface area contributed by atoms with Crippen LogP contribution in [0.15, 0.2) is 18.2 Å². The van der Waals surface area contributed by atoms with Crippen molar-refractivity contribution in [2.24, 2.45) is 5.73 Å². The Balaban J connectivity index is 2.16. The summed E-state index contributed by atoms with van der Waals surface area (Å²) in [4.78, 5) is 4.75. The number of fused-ring (bicyclic) bond motifs is 1. The van der Waals surface area contributed by atoms with Crippen LogP contribution in [0.25, 0.3) is 0 Å². The van der Waals surface area contributed by atoms with Gasteiger partial charge in [-0.25, -0.2) is 0 Å². The molecule has 1 atom stereocenters. The van der Waals surface area contributed by atoms with Gasteiger partial charge in [0, 0.05) is 25.7 Å². The van der Waals surface area contributed by atoms with Crippen LogP contribution in [0.5, 0.6) is 0 Å². The van der Waals surface area contributed by atoms with Crippen molar-refractivity contribution in [3.8, 4) is 0 Å². The van der Waals surface area contributed by atoms with Gasteiger partial charge in [0.25, 0.3) is 0 Å². The molecule has 1 aliphatic heterocycles. The molecular formula is C16H27N3. The smallest absolute Gasteiger partial charge is 0.0477 e. The van der Waals surface area contributed by atoms with Crippen molar-refractivity contribution < 1.29 is 0 Å². The largest absolute Gasteiger partial charge is 0.329 e. The van der Waals surface area contributed by atoms with E-state index in [1.165, 1.54) is 29.5 Å². The van der Waals surface area contributed by atoms with Crippen molar-refractivity contribution in [1.82, 2.24) is 9.80 Å². The molecule has 0 bridgehead atoms. The van der Waals surface area contributed by atoms with Crippen LogP contribution < -0.4 is 5.73 Å². The summed E-state index contributed by atoms with van der Waals surface area (Å²) in [6.45, 7) is 6.20. The third-order valence-electron chi connectivity index (χ3n) is 3.90. The highest BCUT2D eigenvalue weighted by atomic mass is 15.2. The average molecular weight is 261 g/mol. The molecule has 1 aromatic rings. The maximum atomic E-state index is 6.01. The lowest BCUT2D eigenvalue weighted by Gasteiger charge is -2.23. The van der Waals surface area contributed by atoms with Gasteiger partial charge in [0.2, 0.25) is 0 Å². The first kappa shape index (κ1) is 14.5. The van der Waals surface area contributed by atoms with E-state index >= 15 is 0 Å². The molecule has 0 aliphatic carbocycles. The predicted molar refractivity (Wildman–Crippen MR) is 80.9 cm³/mol. The Morgan fingerprint density at radius 1 is 1.37 bits per heavy atom. The van der Waals surface area contributed by atoms with Gasteiger partial charge in [0.05, 0.1) is 0 Å². The summed E-state index contributed by atoms with van der Waals surface area (Å²) in [5.41, 5.74) is 10.3.